The number of aryl methyl sites for hydroxylation is 1. The number of benzene rings is 1. The summed E-state index contributed by atoms with van der Waals surface area (Å²) in [4.78, 5) is 4.29. The molecule has 1 heterocycles. The normalized spacial score (nSPS) is 10.7. The minimum absolute atomic E-state index is 0.516. The van der Waals surface area contributed by atoms with Gasteiger partial charge < -0.3 is 0 Å². The largest absolute Gasteiger partial charge is 0.235 e. The van der Waals surface area contributed by atoms with Crippen molar-refractivity contribution in [2.24, 2.45) is 0 Å². The molecule has 0 aliphatic heterocycles. The van der Waals surface area contributed by atoms with E-state index in [0.717, 1.165) is 20.9 Å². The molecule has 1 aromatic heterocycles. The molecule has 0 fully saturated rings. The Morgan fingerprint density at radius 2 is 2.15 bits per heavy atom. The van der Waals surface area contributed by atoms with Crippen molar-refractivity contribution in [1.82, 2.24) is 4.98 Å². The maximum atomic E-state index is 5.90. The van der Waals surface area contributed by atoms with Crippen molar-refractivity contribution in [2.75, 3.05) is 0 Å². The van der Waals surface area contributed by atoms with Crippen LogP contribution < -0.4 is 0 Å². The molecule has 3 heteroatoms. The molecule has 2 aromatic rings. The van der Waals surface area contributed by atoms with Crippen LogP contribution in [-0.4, -0.2) is 4.98 Å². The van der Waals surface area contributed by atoms with E-state index in [4.69, 9.17) is 11.6 Å². The highest BCUT2D eigenvalue weighted by Crippen LogP contribution is 2.26. The second kappa shape index (κ2) is 3.28. The zero-order chi connectivity index (χ0) is 9.42. The first-order chi connectivity index (χ1) is 6.18. The van der Waals surface area contributed by atoms with Crippen molar-refractivity contribution in [1.29, 1.82) is 0 Å². The van der Waals surface area contributed by atoms with Gasteiger partial charge in [-0.05, 0) is 34.5 Å². The Hall–Kier alpha value is -0.600. The van der Waals surface area contributed by atoms with Crippen molar-refractivity contribution in [3.8, 4) is 0 Å². The second-order valence-electron chi connectivity index (χ2n) is 2.91. The van der Waals surface area contributed by atoms with E-state index in [-0.39, 0.29) is 0 Å². The summed E-state index contributed by atoms with van der Waals surface area (Å²) in [7, 11) is 0. The first-order valence-electron chi connectivity index (χ1n) is 3.90. The van der Waals surface area contributed by atoms with Crippen LogP contribution in [-0.2, 0) is 0 Å². The molecule has 0 spiro atoms. The lowest BCUT2D eigenvalue weighted by Crippen LogP contribution is -1.84. The van der Waals surface area contributed by atoms with Crippen molar-refractivity contribution in [3.05, 3.63) is 39.5 Å². The molecule has 0 radical (unpaired) electrons. The summed E-state index contributed by atoms with van der Waals surface area (Å²) in [6.07, 6.45) is 0. The SMILES string of the molecule is Cc1cccc2cc(Br)c(Cl)nc12. The highest BCUT2D eigenvalue weighted by molar-refractivity contribution is 9.10. The minimum atomic E-state index is 0.516. The molecule has 0 unspecified atom stereocenters. The van der Waals surface area contributed by atoms with Gasteiger partial charge in [0, 0.05) is 5.39 Å². The van der Waals surface area contributed by atoms with Gasteiger partial charge in [0.05, 0.1) is 9.99 Å². The number of aromatic nitrogens is 1. The average Bonchev–Trinajstić information content (AvgIpc) is 2.09. The van der Waals surface area contributed by atoms with Crippen LogP contribution in [0.3, 0.4) is 0 Å². The van der Waals surface area contributed by atoms with Crippen molar-refractivity contribution in [2.45, 2.75) is 6.92 Å². The molecule has 0 saturated heterocycles. The van der Waals surface area contributed by atoms with Crippen molar-refractivity contribution >= 4 is 38.4 Å². The summed E-state index contributed by atoms with van der Waals surface area (Å²) in [5.74, 6) is 0. The fourth-order valence-corrected chi connectivity index (χ4v) is 1.77. The van der Waals surface area contributed by atoms with Crippen LogP contribution in [0.4, 0.5) is 0 Å². The quantitative estimate of drug-likeness (QED) is 0.650. The third-order valence-electron chi connectivity index (χ3n) is 1.96. The molecule has 0 amide bonds. The summed E-state index contributed by atoms with van der Waals surface area (Å²) in [5.41, 5.74) is 2.11. The van der Waals surface area contributed by atoms with Crippen LogP contribution in [0.25, 0.3) is 10.9 Å². The molecule has 0 aliphatic rings. The first kappa shape index (κ1) is 8.97. The highest BCUT2D eigenvalue weighted by atomic mass is 79.9. The van der Waals surface area contributed by atoms with E-state index in [0.29, 0.717) is 5.15 Å². The summed E-state index contributed by atoms with van der Waals surface area (Å²) in [6.45, 7) is 2.03. The number of hydrogen-bond acceptors (Lipinski definition) is 1. The molecule has 0 aliphatic carbocycles. The second-order valence-corrected chi connectivity index (χ2v) is 4.12. The topological polar surface area (TPSA) is 12.9 Å². The van der Waals surface area contributed by atoms with Gasteiger partial charge in [0.1, 0.15) is 5.15 Å². The van der Waals surface area contributed by atoms with E-state index >= 15 is 0 Å². The standard InChI is InChI=1S/C10H7BrClN/c1-6-3-2-4-7-5-8(11)10(12)13-9(6)7/h2-5H,1H3. The third kappa shape index (κ3) is 1.56. The van der Waals surface area contributed by atoms with E-state index < -0.39 is 0 Å². The molecule has 2 rings (SSSR count). The number of hydrogen-bond donors (Lipinski definition) is 0. The molecule has 66 valence electrons. The van der Waals surface area contributed by atoms with Crippen LogP contribution in [0.15, 0.2) is 28.7 Å². The Balaban J connectivity index is 2.89. The molecule has 13 heavy (non-hydrogen) atoms. The summed E-state index contributed by atoms with van der Waals surface area (Å²) < 4.78 is 0.840. The zero-order valence-electron chi connectivity index (χ0n) is 7.01. The maximum absolute atomic E-state index is 5.90. The number of nitrogens with zero attached hydrogens (tertiary/aromatic N) is 1. The molecule has 0 N–H and O–H groups in total. The zero-order valence-corrected chi connectivity index (χ0v) is 9.35. The predicted octanol–water partition coefficient (Wildman–Crippen LogP) is 3.96. The van der Waals surface area contributed by atoms with E-state index in [1.807, 2.05) is 31.2 Å². The van der Waals surface area contributed by atoms with Gasteiger partial charge in [0.25, 0.3) is 0 Å². The van der Waals surface area contributed by atoms with Gasteiger partial charge in [-0.2, -0.15) is 0 Å². The minimum Gasteiger partial charge on any atom is -0.235 e. The summed E-state index contributed by atoms with van der Waals surface area (Å²) in [5, 5.41) is 1.62. The predicted molar refractivity (Wildman–Crippen MR) is 59.2 cm³/mol. The lowest BCUT2D eigenvalue weighted by molar-refractivity contribution is 1.35. The maximum Gasteiger partial charge on any atom is 0.143 e. The number of halogens is 2. The smallest absolute Gasteiger partial charge is 0.143 e. The number of para-hydroxylation sites is 1. The monoisotopic (exact) mass is 255 g/mol. The fraction of sp³-hybridized carbons (Fsp3) is 0.100. The molecule has 0 bridgehead atoms. The van der Waals surface area contributed by atoms with Gasteiger partial charge >= 0.3 is 0 Å². The van der Waals surface area contributed by atoms with Crippen LogP contribution in [0.1, 0.15) is 5.56 Å². The fourth-order valence-electron chi connectivity index (χ4n) is 1.30. The number of fused-ring (bicyclic) bond motifs is 1. The van der Waals surface area contributed by atoms with Gasteiger partial charge in [-0.25, -0.2) is 4.98 Å². The van der Waals surface area contributed by atoms with Gasteiger partial charge in [-0.3, -0.25) is 0 Å². The lowest BCUT2D eigenvalue weighted by atomic mass is 10.1. The van der Waals surface area contributed by atoms with Crippen LogP contribution in [0.2, 0.25) is 5.15 Å². The van der Waals surface area contributed by atoms with Crippen molar-refractivity contribution < 1.29 is 0 Å². The Labute approximate surface area is 89.9 Å². The van der Waals surface area contributed by atoms with Crippen LogP contribution >= 0.6 is 27.5 Å². The molecular formula is C10H7BrClN. The Kier molecular flexibility index (Phi) is 2.26. The van der Waals surface area contributed by atoms with E-state index in [2.05, 4.69) is 20.9 Å². The lowest BCUT2D eigenvalue weighted by Gasteiger charge is -2.02. The molecule has 0 atom stereocenters. The number of pyridine rings is 1. The van der Waals surface area contributed by atoms with E-state index in [1.165, 1.54) is 0 Å². The van der Waals surface area contributed by atoms with E-state index in [1.54, 1.807) is 0 Å². The summed E-state index contributed by atoms with van der Waals surface area (Å²) in [6, 6.07) is 8.05. The van der Waals surface area contributed by atoms with Gasteiger partial charge in [-0.1, -0.05) is 29.8 Å². The molecular weight excluding hydrogens is 249 g/mol. The highest BCUT2D eigenvalue weighted by Gasteiger charge is 2.03. The van der Waals surface area contributed by atoms with E-state index in [9.17, 15) is 0 Å². The average molecular weight is 257 g/mol. The molecule has 1 nitrogen and oxygen atoms in total. The van der Waals surface area contributed by atoms with Crippen LogP contribution in [0.5, 0.6) is 0 Å². The van der Waals surface area contributed by atoms with Crippen LogP contribution in [0, 0.1) is 6.92 Å². The Bertz CT molecular complexity index is 468. The Morgan fingerprint density at radius 3 is 2.92 bits per heavy atom. The first-order valence-corrected chi connectivity index (χ1v) is 5.07. The Morgan fingerprint density at radius 1 is 1.38 bits per heavy atom. The van der Waals surface area contributed by atoms with Crippen molar-refractivity contribution in [3.63, 3.8) is 0 Å². The molecule has 1 aromatic carbocycles. The summed E-state index contributed by atoms with van der Waals surface area (Å²) >= 11 is 9.25. The number of rotatable bonds is 0. The third-order valence-corrected chi connectivity index (χ3v) is 3.08. The molecule has 0 saturated carbocycles. The van der Waals surface area contributed by atoms with Gasteiger partial charge in [0.15, 0.2) is 0 Å². The van der Waals surface area contributed by atoms with Gasteiger partial charge in [0.2, 0.25) is 0 Å². The van der Waals surface area contributed by atoms with Gasteiger partial charge in [-0.15, -0.1) is 0 Å².